The van der Waals surface area contributed by atoms with Crippen LogP contribution in [0.25, 0.3) is 0 Å². The van der Waals surface area contributed by atoms with Gasteiger partial charge in [-0.05, 0) is 48.7 Å². The van der Waals surface area contributed by atoms with Gasteiger partial charge in [-0.1, -0.05) is 18.2 Å². The Hall–Kier alpha value is -2.76. The van der Waals surface area contributed by atoms with Crippen LogP contribution in [-0.2, 0) is 21.4 Å². The first-order valence-electron chi connectivity index (χ1n) is 8.92. The number of hydrogen-bond donors (Lipinski definition) is 1. The summed E-state index contributed by atoms with van der Waals surface area (Å²) >= 11 is 0. The van der Waals surface area contributed by atoms with Crippen LogP contribution in [0.15, 0.2) is 53.4 Å². The second-order valence-electron chi connectivity index (χ2n) is 6.72. The van der Waals surface area contributed by atoms with Crippen molar-refractivity contribution in [2.24, 2.45) is 0 Å². The highest BCUT2D eigenvalue weighted by molar-refractivity contribution is 7.89. The molecule has 6 nitrogen and oxygen atoms in total. The van der Waals surface area contributed by atoms with E-state index in [1.807, 2.05) is 6.07 Å². The van der Waals surface area contributed by atoms with E-state index in [-0.39, 0.29) is 35.5 Å². The summed E-state index contributed by atoms with van der Waals surface area (Å²) in [7, 11) is -3.92. The second kappa shape index (κ2) is 8.50. The van der Waals surface area contributed by atoms with E-state index in [0.29, 0.717) is 24.8 Å². The molecule has 1 aliphatic heterocycles. The third-order valence-corrected chi connectivity index (χ3v) is 6.43. The number of carbonyl (C=O) groups excluding carboxylic acids is 1. The van der Waals surface area contributed by atoms with E-state index in [1.54, 1.807) is 0 Å². The fourth-order valence-electron chi connectivity index (χ4n) is 3.18. The number of benzene rings is 2. The van der Waals surface area contributed by atoms with Gasteiger partial charge in [-0.2, -0.15) is 9.57 Å². The summed E-state index contributed by atoms with van der Waals surface area (Å²) in [6, 6.07) is 13.1. The first-order chi connectivity index (χ1) is 13.4. The highest BCUT2D eigenvalue weighted by atomic mass is 32.2. The number of nitrogens with zero attached hydrogens (tertiary/aromatic N) is 2. The average molecular weight is 401 g/mol. The van der Waals surface area contributed by atoms with Crippen molar-refractivity contribution >= 4 is 15.9 Å². The summed E-state index contributed by atoms with van der Waals surface area (Å²) in [4.78, 5) is 11.7. The predicted molar refractivity (Wildman–Crippen MR) is 101 cm³/mol. The molecule has 0 aliphatic carbocycles. The van der Waals surface area contributed by atoms with Gasteiger partial charge in [0.15, 0.2) is 0 Å². The quantitative estimate of drug-likeness (QED) is 0.805. The monoisotopic (exact) mass is 401 g/mol. The van der Waals surface area contributed by atoms with Crippen LogP contribution in [0.1, 0.15) is 30.4 Å². The summed E-state index contributed by atoms with van der Waals surface area (Å²) < 4.78 is 41.0. The highest BCUT2D eigenvalue weighted by Crippen LogP contribution is 2.22. The Kier molecular flexibility index (Phi) is 6.07. The molecule has 2 aromatic rings. The molecule has 0 spiro atoms. The minimum atomic E-state index is -3.92. The number of hydrogen-bond acceptors (Lipinski definition) is 4. The molecular weight excluding hydrogens is 381 g/mol. The van der Waals surface area contributed by atoms with Crippen molar-refractivity contribution < 1.29 is 17.6 Å². The molecule has 3 rings (SSSR count). The van der Waals surface area contributed by atoms with Crippen molar-refractivity contribution in [2.75, 3.05) is 6.54 Å². The van der Waals surface area contributed by atoms with Crippen LogP contribution < -0.4 is 5.32 Å². The summed E-state index contributed by atoms with van der Waals surface area (Å²) in [5, 5.41) is 11.9. The lowest BCUT2D eigenvalue weighted by atomic mass is 10.0. The number of rotatable bonds is 6. The lowest BCUT2D eigenvalue weighted by Gasteiger charge is -2.30. The molecule has 1 aliphatic rings. The zero-order valence-corrected chi connectivity index (χ0v) is 16.0. The maximum absolute atomic E-state index is 13.3. The summed E-state index contributed by atoms with van der Waals surface area (Å²) in [6.07, 6.45) is 1.82. The maximum atomic E-state index is 13.3. The Bertz CT molecular complexity index is 1000. The molecule has 1 heterocycles. The number of carbonyl (C=O) groups is 1. The molecule has 146 valence electrons. The van der Waals surface area contributed by atoms with Crippen LogP contribution in [-0.4, -0.2) is 31.2 Å². The number of nitrogens with one attached hydrogen (secondary N) is 1. The van der Waals surface area contributed by atoms with Crippen molar-refractivity contribution in [3.05, 3.63) is 65.5 Å². The fourth-order valence-corrected chi connectivity index (χ4v) is 4.70. The van der Waals surface area contributed by atoms with Gasteiger partial charge in [-0.3, -0.25) is 4.79 Å². The van der Waals surface area contributed by atoms with Crippen molar-refractivity contribution in [1.82, 2.24) is 9.62 Å². The van der Waals surface area contributed by atoms with E-state index in [2.05, 4.69) is 5.32 Å². The molecule has 0 radical (unpaired) electrons. The summed E-state index contributed by atoms with van der Waals surface area (Å²) in [5.74, 6) is -0.499. The van der Waals surface area contributed by atoms with Gasteiger partial charge in [0.1, 0.15) is 5.82 Å². The van der Waals surface area contributed by atoms with Crippen molar-refractivity contribution in [3.8, 4) is 6.07 Å². The average Bonchev–Trinajstić information content (AvgIpc) is 2.69. The van der Waals surface area contributed by atoms with Gasteiger partial charge in [0.05, 0.1) is 16.5 Å². The Balaban J connectivity index is 1.92. The molecule has 1 amide bonds. The minimum Gasteiger partial charge on any atom is -0.352 e. The molecule has 28 heavy (non-hydrogen) atoms. The van der Waals surface area contributed by atoms with Gasteiger partial charge in [0, 0.05) is 25.6 Å². The molecule has 0 saturated carbocycles. The van der Waals surface area contributed by atoms with Crippen LogP contribution in [0, 0.1) is 17.1 Å². The van der Waals surface area contributed by atoms with Gasteiger partial charge < -0.3 is 5.32 Å². The third-order valence-electron chi connectivity index (χ3n) is 4.62. The van der Waals surface area contributed by atoms with Crippen LogP contribution >= 0.6 is 0 Å². The normalized spacial score (nSPS) is 17.2. The lowest BCUT2D eigenvalue weighted by molar-refractivity contribution is -0.123. The summed E-state index contributed by atoms with van der Waals surface area (Å²) in [6.45, 7) is 0.133. The molecule has 1 fully saturated rings. The van der Waals surface area contributed by atoms with Crippen LogP contribution in [0.4, 0.5) is 4.39 Å². The Morgan fingerprint density at radius 2 is 1.96 bits per heavy atom. The third kappa shape index (κ3) is 4.74. The van der Waals surface area contributed by atoms with Crippen LogP contribution in [0.2, 0.25) is 0 Å². The number of sulfonamides is 1. The molecule has 2 aromatic carbocycles. The van der Waals surface area contributed by atoms with Gasteiger partial charge in [-0.15, -0.1) is 0 Å². The number of piperidine rings is 1. The zero-order chi connectivity index (χ0) is 20.1. The van der Waals surface area contributed by atoms with Gasteiger partial charge in [0.2, 0.25) is 15.9 Å². The Labute approximate surface area is 163 Å². The van der Waals surface area contributed by atoms with E-state index in [1.165, 1.54) is 52.8 Å². The van der Waals surface area contributed by atoms with E-state index in [4.69, 9.17) is 5.26 Å². The van der Waals surface area contributed by atoms with Crippen molar-refractivity contribution in [3.63, 3.8) is 0 Å². The topological polar surface area (TPSA) is 90.3 Å². The van der Waals surface area contributed by atoms with Gasteiger partial charge in [-0.25, -0.2) is 12.8 Å². The predicted octanol–water partition coefficient (Wildman–Crippen LogP) is 2.56. The van der Waals surface area contributed by atoms with Gasteiger partial charge >= 0.3 is 0 Å². The van der Waals surface area contributed by atoms with E-state index in [0.717, 1.165) is 0 Å². The van der Waals surface area contributed by atoms with E-state index < -0.39 is 15.8 Å². The van der Waals surface area contributed by atoms with Crippen molar-refractivity contribution in [2.45, 2.75) is 36.7 Å². The largest absolute Gasteiger partial charge is 0.352 e. The van der Waals surface area contributed by atoms with Crippen LogP contribution in [0.5, 0.6) is 0 Å². The van der Waals surface area contributed by atoms with Gasteiger partial charge in [0.25, 0.3) is 0 Å². The molecule has 1 atom stereocenters. The standard InChI is InChI=1S/C20H20FN3O3S/c21-17-9-7-15(8-10-17)13-24(14-18-4-2-6-20(25)23-18)28(26,27)19-5-1-3-16(11-19)12-22/h1,3,5,7-11,18H,2,4,6,13-14H2,(H,23,25)/t18-/m0/s1. The summed E-state index contributed by atoms with van der Waals surface area (Å²) in [5.41, 5.74) is 0.873. The molecule has 0 unspecified atom stereocenters. The van der Waals surface area contributed by atoms with E-state index in [9.17, 15) is 17.6 Å². The van der Waals surface area contributed by atoms with Crippen molar-refractivity contribution in [1.29, 1.82) is 5.26 Å². The van der Waals surface area contributed by atoms with Crippen LogP contribution in [0.3, 0.4) is 0 Å². The first kappa shape index (κ1) is 20.0. The second-order valence-corrected chi connectivity index (χ2v) is 8.66. The number of halogens is 1. The molecule has 1 N–H and O–H groups in total. The SMILES string of the molecule is N#Cc1cccc(S(=O)(=O)N(Cc2ccc(F)cc2)C[C@@H]2CCCC(=O)N2)c1. The molecular formula is C20H20FN3O3S. The Morgan fingerprint density at radius 1 is 1.21 bits per heavy atom. The Morgan fingerprint density at radius 3 is 2.64 bits per heavy atom. The smallest absolute Gasteiger partial charge is 0.243 e. The van der Waals surface area contributed by atoms with E-state index >= 15 is 0 Å². The maximum Gasteiger partial charge on any atom is 0.243 e. The fraction of sp³-hybridized carbons (Fsp3) is 0.300. The molecule has 0 bridgehead atoms. The zero-order valence-electron chi connectivity index (χ0n) is 15.1. The molecule has 8 heteroatoms. The minimum absolute atomic E-state index is 0.01000. The number of amides is 1. The number of nitriles is 1. The first-order valence-corrected chi connectivity index (χ1v) is 10.4. The lowest BCUT2D eigenvalue weighted by Crippen LogP contribution is -2.47. The molecule has 0 aromatic heterocycles. The molecule has 1 saturated heterocycles. The highest BCUT2D eigenvalue weighted by Gasteiger charge is 2.29.